The number of rotatable bonds is 9. The summed E-state index contributed by atoms with van der Waals surface area (Å²) in [5.74, 6) is 4.85. The van der Waals surface area contributed by atoms with Crippen LogP contribution in [-0.2, 0) is 9.84 Å². The lowest BCUT2D eigenvalue weighted by Crippen LogP contribution is -2.64. The zero-order valence-electron chi connectivity index (χ0n) is 33.0. The molecule has 1 aliphatic heterocycles. The summed E-state index contributed by atoms with van der Waals surface area (Å²) in [5, 5.41) is 4.17. The van der Waals surface area contributed by atoms with Crippen molar-refractivity contribution >= 4 is 15.7 Å². The number of amides is 1. The van der Waals surface area contributed by atoms with Crippen molar-refractivity contribution in [2.24, 2.45) is 57.5 Å². The Labute approximate surface area is 319 Å². The molecular formula is C44H66N4O4S. The molecule has 4 saturated carbocycles. The fraction of sp³-hybridized carbons (Fsp3) is 0.773. The number of carbonyl (C=O) groups excluding carboxylic acids is 1. The minimum Gasteiger partial charge on any atom is -0.477 e. The van der Waals surface area contributed by atoms with E-state index in [2.05, 4.69) is 55.0 Å². The molecule has 8 unspecified atom stereocenters. The number of nitrogens with zero attached hydrogens (tertiary/aromatic N) is 2. The van der Waals surface area contributed by atoms with E-state index in [1.165, 1.54) is 64.2 Å². The van der Waals surface area contributed by atoms with Gasteiger partial charge in [0.2, 0.25) is 5.88 Å². The Balaban J connectivity index is 0.925. The summed E-state index contributed by atoms with van der Waals surface area (Å²) in [5.41, 5.74) is 10.3. The van der Waals surface area contributed by atoms with Gasteiger partial charge in [-0.3, -0.25) is 4.79 Å². The highest BCUT2D eigenvalue weighted by molar-refractivity contribution is 7.91. The molecule has 8 nitrogen and oxygen atoms in total. The smallest absolute Gasteiger partial charge is 0.254 e. The summed E-state index contributed by atoms with van der Waals surface area (Å²) in [6, 6.07) is 3.40. The van der Waals surface area contributed by atoms with Crippen LogP contribution in [0.15, 0.2) is 41.6 Å². The molecule has 6 aliphatic carbocycles. The first kappa shape index (κ1) is 37.7. The van der Waals surface area contributed by atoms with E-state index < -0.39 is 15.7 Å². The summed E-state index contributed by atoms with van der Waals surface area (Å²) in [7, 11) is -2.83. The highest BCUT2D eigenvalue weighted by atomic mass is 32.2. The molecule has 2 heterocycles. The monoisotopic (exact) mass is 746 g/mol. The van der Waals surface area contributed by atoms with Gasteiger partial charge in [0.1, 0.15) is 5.56 Å². The second-order valence-electron chi connectivity index (χ2n) is 19.6. The van der Waals surface area contributed by atoms with E-state index in [0.717, 1.165) is 56.0 Å². The number of hydrogen-bond acceptors (Lipinski definition) is 7. The van der Waals surface area contributed by atoms with Crippen LogP contribution in [0.2, 0.25) is 0 Å². The van der Waals surface area contributed by atoms with Crippen molar-refractivity contribution in [2.75, 3.05) is 44.3 Å². The van der Waals surface area contributed by atoms with Crippen molar-refractivity contribution in [1.29, 1.82) is 0 Å². The maximum Gasteiger partial charge on any atom is 0.254 e. The number of sulfone groups is 1. The number of ether oxygens (including phenoxy) is 1. The molecule has 9 heteroatoms. The minimum absolute atomic E-state index is 0.153. The summed E-state index contributed by atoms with van der Waals surface area (Å²) in [6.07, 6.45) is 23.5. The Morgan fingerprint density at radius 1 is 0.962 bits per heavy atom. The van der Waals surface area contributed by atoms with Crippen LogP contribution in [0.5, 0.6) is 5.88 Å². The number of allylic oxidation sites excluding steroid dienone is 4. The Bertz CT molecular complexity index is 1730. The maximum atomic E-state index is 12.0. The van der Waals surface area contributed by atoms with Crippen LogP contribution in [0.4, 0.5) is 0 Å². The Morgan fingerprint density at radius 3 is 2.53 bits per heavy atom. The molecule has 7 aliphatic rings. The van der Waals surface area contributed by atoms with E-state index >= 15 is 0 Å². The normalized spacial score (nSPS) is 40.5. The van der Waals surface area contributed by atoms with E-state index in [-0.39, 0.29) is 5.41 Å². The fourth-order valence-electron chi connectivity index (χ4n) is 14.3. The second kappa shape index (κ2) is 14.1. The molecule has 1 aromatic rings. The van der Waals surface area contributed by atoms with E-state index in [1.54, 1.807) is 29.5 Å². The number of pyridine rings is 1. The quantitative estimate of drug-likeness (QED) is 0.272. The largest absolute Gasteiger partial charge is 0.477 e. The fourth-order valence-corrected chi connectivity index (χ4v) is 15.6. The molecular weight excluding hydrogens is 681 g/mol. The first-order valence-corrected chi connectivity index (χ1v) is 23.0. The topological polar surface area (TPSA) is 115 Å². The van der Waals surface area contributed by atoms with Gasteiger partial charge >= 0.3 is 0 Å². The number of fused-ring (bicyclic) bond motifs is 7. The van der Waals surface area contributed by atoms with Crippen LogP contribution < -0.4 is 15.8 Å². The molecule has 1 amide bonds. The van der Waals surface area contributed by atoms with Crippen LogP contribution in [0.1, 0.15) is 122 Å². The third kappa shape index (κ3) is 6.64. The van der Waals surface area contributed by atoms with Crippen molar-refractivity contribution < 1.29 is 17.9 Å². The molecule has 1 aromatic heterocycles. The van der Waals surface area contributed by atoms with Crippen LogP contribution in [0.3, 0.4) is 0 Å². The molecule has 3 N–H and O–H groups in total. The molecule has 0 bridgehead atoms. The van der Waals surface area contributed by atoms with Gasteiger partial charge in [0.25, 0.3) is 5.91 Å². The summed E-state index contributed by atoms with van der Waals surface area (Å²) >= 11 is 0. The van der Waals surface area contributed by atoms with E-state index in [1.807, 2.05) is 0 Å². The standard InChI is InChI=1S/C44H66N4O4S/c1-41(2)34(31-11-9-30(10-12-31)29-52-40-33(39(45)49)7-6-22-46-40)15-19-43(4)37(41)17-20-42(3)35-16-21-44(18-5-8-36(44)32(35)13-14-38(42)43)47-23-24-48-25-27-53(50,51)28-26-48/h6-7,11,15,22,30,32,35-38,47H,5,8-10,12-14,16-21,23-29H2,1-4H3,(H2,45,49)/t30?,32?,35?,36-,37?,38?,42?,43?,44?/m1/s1. The molecule has 8 rings (SSSR count). The van der Waals surface area contributed by atoms with Gasteiger partial charge in [-0.1, -0.05) is 46.3 Å². The highest BCUT2D eigenvalue weighted by Gasteiger charge is 2.65. The number of primary amides is 1. The average molecular weight is 747 g/mol. The van der Waals surface area contributed by atoms with Crippen LogP contribution in [0.25, 0.3) is 0 Å². The van der Waals surface area contributed by atoms with Crippen molar-refractivity contribution in [1.82, 2.24) is 15.2 Å². The lowest BCUT2D eigenvalue weighted by molar-refractivity contribution is -0.175. The van der Waals surface area contributed by atoms with Crippen molar-refractivity contribution in [2.45, 2.75) is 117 Å². The number of hydrogen-bond donors (Lipinski definition) is 2. The molecule has 292 valence electrons. The molecule has 0 radical (unpaired) electrons. The van der Waals surface area contributed by atoms with Crippen molar-refractivity contribution in [3.63, 3.8) is 0 Å². The zero-order valence-corrected chi connectivity index (χ0v) is 33.8. The molecule has 9 atom stereocenters. The van der Waals surface area contributed by atoms with Crippen LogP contribution in [-0.4, -0.2) is 74.0 Å². The molecule has 0 aromatic carbocycles. The predicted molar refractivity (Wildman–Crippen MR) is 211 cm³/mol. The lowest BCUT2D eigenvalue weighted by Gasteiger charge is -2.68. The number of nitrogens with one attached hydrogen (secondary N) is 1. The first-order chi connectivity index (χ1) is 25.3. The maximum absolute atomic E-state index is 12.0. The molecule has 5 fully saturated rings. The van der Waals surface area contributed by atoms with Gasteiger partial charge in [-0.05, 0) is 152 Å². The second-order valence-corrected chi connectivity index (χ2v) is 21.9. The van der Waals surface area contributed by atoms with Gasteiger partial charge in [-0.25, -0.2) is 13.4 Å². The van der Waals surface area contributed by atoms with Crippen molar-refractivity contribution in [3.8, 4) is 5.88 Å². The average Bonchev–Trinajstić information content (AvgIpc) is 3.56. The number of nitrogens with two attached hydrogens (primary N) is 1. The summed E-state index contributed by atoms with van der Waals surface area (Å²) in [6.45, 7) is 14.5. The van der Waals surface area contributed by atoms with Gasteiger partial charge < -0.3 is 20.7 Å². The molecule has 0 spiro atoms. The molecule has 1 saturated heterocycles. The number of carbonyl (C=O) groups is 1. The van der Waals surface area contributed by atoms with Crippen LogP contribution in [0, 0.1) is 51.8 Å². The lowest BCUT2D eigenvalue weighted by atomic mass is 9.37. The summed E-state index contributed by atoms with van der Waals surface area (Å²) in [4.78, 5) is 18.5. The van der Waals surface area contributed by atoms with E-state index in [0.29, 0.717) is 70.9 Å². The number of aromatic nitrogens is 1. The van der Waals surface area contributed by atoms with E-state index in [9.17, 15) is 13.2 Å². The third-order valence-corrected chi connectivity index (χ3v) is 18.4. The minimum atomic E-state index is -2.83. The Hall–Kier alpha value is -2.23. The van der Waals surface area contributed by atoms with E-state index in [4.69, 9.17) is 10.5 Å². The third-order valence-electron chi connectivity index (χ3n) is 16.8. The summed E-state index contributed by atoms with van der Waals surface area (Å²) < 4.78 is 30.0. The van der Waals surface area contributed by atoms with Gasteiger partial charge in [-0.2, -0.15) is 0 Å². The zero-order chi connectivity index (χ0) is 37.2. The molecule has 53 heavy (non-hydrogen) atoms. The highest BCUT2D eigenvalue weighted by Crippen LogP contribution is 2.72. The van der Waals surface area contributed by atoms with Gasteiger partial charge in [0.05, 0.1) is 18.1 Å². The first-order valence-electron chi connectivity index (χ1n) is 21.2. The van der Waals surface area contributed by atoms with Crippen LogP contribution >= 0.6 is 0 Å². The van der Waals surface area contributed by atoms with Gasteiger partial charge in [0, 0.05) is 37.9 Å². The Kier molecular flexibility index (Phi) is 9.99. The SMILES string of the molecule is CC1(C)C(C2=CCC(COc3ncccc3C(N)=O)CC2)=CCC2(C)C1CCC1(C)C3CCC4(NCCN5CCS(=O)(=O)CC5)CCC[C@@H]4C3CCC12. The van der Waals surface area contributed by atoms with Gasteiger partial charge in [0.15, 0.2) is 9.84 Å². The van der Waals surface area contributed by atoms with Gasteiger partial charge in [-0.15, -0.1) is 0 Å². The predicted octanol–water partition coefficient (Wildman–Crippen LogP) is 7.36. The Morgan fingerprint density at radius 2 is 1.77 bits per heavy atom. The van der Waals surface area contributed by atoms with Crippen molar-refractivity contribution in [3.05, 3.63) is 47.2 Å².